The van der Waals surface area contributed by atoms with E-state index < -0.39 is 343 Å². The van der Waals surface area contributed by atoms with Gasteiger partial charge in [-0.15, -0.1) is 19.1 Å². The largest absolute Gasteiger partial charge is 0.422 e. The maximum Gasteiger partial charge on any atom is 0.422 e. The van der Waals surface area contributed by atoms with Crippen molar-refractivity contribution in [2.24, 2.45) is 17.8 Å². The van der Waals surface area contributed by atoms with E-state index in [1.807, 2.05) is 6.92 Å². The van der Waals surface area contributed by atoms with E-state index >= 15 is 127 Å². The van der Waals surface area contributed by atoms with Gasteiger partial charge in [-0.25, -0.2) is 132 Å². The fourth-order valence-corrected chi connectivity index (χ4v) is 27.7. The molecule has 0 bridgehead atoms. The summed E-state index contributed by atoms with van der Waals surface area (Å²) in [7, 11) is 0. The zero-order valence-corrected chi connectivity index (χ0v) is 60.5. The molecule has 0 aromatic heterocycles. The van der Waals surface area contributed by atoms with Gasteiger partial charge in [0, 0.05) is 56.5 Å². The van der Waals surface area contributed by atoms with Crippen molar-refractivity contribution in [3.05, 3.63) is 261 Å². The lowest BCUT2D eigenvalue weighted by Gasteiger charge is -2.57. The van der Waals surface area contributed by atoms with Crippen molar-refractivity contribution in [1.82, 2.24) is 0 Å². The van der Waals surface area contributed by atoms with Gasteiger partial charge in [0.25, 0.3) is 0 Å². The molecular formula is C79H52AlF34N. The second-order valence-corrected chi connectivity index (χ2v) is 33.9. The molecule has 614 valence electrons. The van der Waals surface area contributed by atoms with Crippen molar-refractivity contribution in [2.75, 3.05) is 13.1 Å². The van der Waals surface area contributed by atoms with E-state index in [9.17, 15) is 22.0 Å². The fourth-order valence-electron chi connectivity index (χ4n) is 18.3. The zero-order valence-electron chi connectivity index (χ0n) is 59.3. The number of quaternary nitrogens is 1. The van der Waals surface area contributed by atoms with E-state index in [1.165, 1.54) is 0 Å². The van der Waals surface area contributed by atoms with Crippen LogP contribution < -0.4 is 4.90 Å². The molecule has 0 radical (unpaired) electrons. The molecule has 0 saturated carbocycles. The number of benzene rings is 9. The summed E-state index contributed by atoms with van der Waals surface area (Å²) in [5, 5.41) is 0. The summed E-state index contributed by atoms with van der Waals surface area (Å²) < 4.78 is 529. The first-order chi connectivity index (χ1) is 53.9. The summed E-state index contributed by atoms with van der Waals surface area (Å²) in [6.07, 6.45) is 4.58. The third kappa shape index (κ3) is 12.9. The number of fused-ring (bicyclic) bond motifs is 12. The summed E-state index contributed by atoms with van der Waals surface area (Å²) in [4.78, 5) is 0.466. The van der Waals surface area contributed by atoms with Gasteiger partial charge in [-0.2, -0.15) is 17.6 Å². The average Bonchev–Trinajstić information content (AvgIpc) is 1.48. The van der Waals surface area contributed by atoms with Crippen LogP contribution >= 0.6 is 0 Å². The van der Waals surface area contributed by atoms with Crippen molar-refractivity contribution in [1.29, 1.82) is 0 Å². The lowest BCUT2D eigenvalue weighted by molar-refractivity contribution is -0.838. The highest BCUT2D eigenvalue weighted by molar-refractivity contribution is 6.88. The van der Waals surface area contributed by atoms with E-state index in [2.05, 4.69) is 27.7 Å². The topological polar surface area (TPSA) is 4.44 Å². The van der Waals surface area contributed by atoms with Crippen LogP contribution in [-0.2, 0) is 6.18 Å². The van der Waals surface area contributed by atoms with Crippen molar-refractivity contribution >= 4 is 18.8 Å². The van der Waals surface area contributed by atoms with Gasteiger partial charge in [0.15, 0.2) is 199 Å². The Morgan fingerprint density at radius 1 is 0.296 bits per heavy atom. The van der Waals surface area contributed by atoms with Crippen LogP contribution in [-0.4, -0.2) is 26.2 Å². The molecule has 0 aliphatic heterocycles. The maximum atomic E-state index is 17.7. The van der Waals surface area contributed by atoms with Crippen LogP contribution in [0.1, 0.15) is 168 Å². The lowest BCUT2D eigenvalue weighted by Crippen LogP contribution is -3.08. The number of halogens is 34. The van der Waals surface area contributed by atoms with Crippen LogP contribution in [0.15, 0.2) is 30.3 Å². The number of hydrogen-bond donors (Lipinski definition) is 1. The SMILES string of the molecule is CCCCC(CC)CC[NH+](CC(C)CCC(CC)CCC)c1cc(F)c(F)c(C(F)(F)F)c1F.Fc1cc2c(c(F)c1F)-c1c(F)c(F)c(F)c(F)c1[CH]2[Al-]([CH]1c2cc(F)c(F)c(F)c2-c2c(F)c(F)c(F)c(F)c21)([CH]1c2cc(F)c(F)c(F)c2-c2c(F)c(F)c(F)c(F)c21)[CH]1c2cc(F)c(F)c(F)c2-c2c(F)c(F)c(F)c(F)c21. The Morgan fingerprint density at radius 2 is 0.574 bits per heavy atom. The minimum absolute atomic E-state index is 0.110. The quantitative estimate of drug-likeness (QED) is 0.0336. The number of rotatable bonds is 20. The van der Waals surface area contributed by atoms with Crippen molar-refractivity contribution in [3.63, 3.8) is 0 Å². The molecule has 9 aromatic rings. The van der Waals surface area contributed by atoms with E-state index in [0.717, 1.165) is 57.8 Å². The molecule has 1 N–H and O–H groups in total. The van der Waals surface area contributed by atoms with E-state index in [-0.39, 0.29) is 5.92 Å². The van der Waals surface area contributed by atoms with Crippen LogP contribution in [0.4, 0.5) is 155 Å². The summed E-state index contributed by atoms with van der Waals surface area (Å²) >= 11 is -8.92. The normalized spacial score (nSPS) is 17.2. The van der Waals surface area contributed by atoms with Gasteiger partial charge >= 0.3 is 6.18 Å². The second-order valence-electron chi connectivity index (χ2n) is 29.0. The molecule has 8 atom stereocenters. The molecule has 0 fully saturated rings. The van der Waals surface area contributed by atoms with Crippen LogP contribution in [0.3, 0.4) is 0 Å². The van der Waals surface area contributed by atoms with Crippen LogP contribution in [0.25, 0.3) is 44.5 Å². The molecule has 4 aliphatic rings. The molecule has 9 aromatic carbocycles. The van der Waals surface area contributed by atoms with Crippen LogP contribution in [0.2, 0.25) is 0 Å². The Balaban J connectivity index is 0.000000303. The molecule has 0 amide bonds. The van der Waals surface area contributed by atoms with E-state index in [1.54, 1.807) is 0 Å². The number of alkyl halides is 3. The molecule has 0 heterocycles. The van der Waals surface area contributed by atoms with Crippen LogP contribution in [0, 0.1) is 198 Å². The third-order valence-corrected chi connectivity index (χ3v) is 30.4. The predicted molar refractivity (Wildman–Crippen MR) is 346 cm³/mol. The zero-order chi connectivity index (χ0) is 84.9. The molecular weight excluding hydrogens is 1640 g/mol. The van der Waals surface area contributed by atoms with Gasteiger partial charge in [0.05, 0.1) is 13.1 Å². The summed E-state index contributed by atoms with van der Waals surface area (Å²) in [6, 6.07) is -1.75. The highest BCUT2D eigenvalue weighted by Gasteiger charge is 2.68. The molecule has 115 heavy (non-hydrogen) atoms. The molecule has 36 heteroatoms. The standard InChI is InChI=1S/C27H43F6N.4C13H2F7.Al/c1-6-10-12-21(9-4)15-16-34(18-19(5)13-14-20(8-3)11-7-2)23-17-22(28)25(29)24(26(23)30)27(31,32)33;4*14-5-2-3-1-4-7(6(3)10(17)9(5)16)11(18)13(20)12(19)8(4)15;/h17,19-21H,6-16,18H2,1-5H3;4*1-2H;/q;;;;;-1/p+1. The van der Waals surface area contributed by atoms with Crippen LogP contribution in [0.5, 0.6) is 0 Å². The molecule has 8 unspecified atom stereocenters. The van der Waals surface area contributed by atoms with Crippen molar-refractivity contribution < 1.29 is 154 Å². The summed E-state index contributed by atoms with van der Waals surface area (Å²) in [6.45, 7) is 11.2. The first-order valence-corrected chi connectivity index (χ1v) is 38.0. The number of hydrogen-bond acceptors (Lipinski definition) is 0. The Labute approximate surface area is 630 Å². The van der Waals surface area contributed by atoms with Crippen molar-refractivity contribution in [2.45, 2.75) is 124 Å². The minimum Gasteiger partial charge on any atom is -0.300 e. The summed E-state index contributed by atoms with van der Waals surface area (Å²) in [5.74, 6) is -90.2. The first kappa shape index (κ1) is 85.5. The molecule has 13 rings (SSSR count). The highest BCUT2D eigenvalue weighted by Crippen LogP contribution is 2.74. The van der Waals surface area contributed by atoms with Gasteiger partial charge in [-0.1, -0.05) is 102 Å². The van der Waals surface area contributed by atoms with Crippen molar-refractivity contribution in [3.8, 4) is 44.5 Å². The Morgan fingerprint density at radius 3 is 0.852 bits per heavy atom. The first-order valence-electron chi connectivity index (χ1n) is 35.3. The Hall–Kier alpha value is -8.91. The number of unbranched alkanes of at least 4 members (excludes halogenated alkanes) is 1. The lowest BCUT2D eigenvalue weighted by atomic mass is 9.91. The fraction of sp³-hybridized carbons (Fsp3) is 0.316. The maximum absolute atomic E-state index is 17.7. The monoisotopic (exact) mass is 1690 g/mol. The van der Waals surface area contributed by atoms with Gasteiger partial charge in [0.2, 0.25) is 0 Å². The smallest absolute Gasteiger partial charge is 0.300 e. The molecule has 0 spiro atoms. The second kappa shape index (κ2) is 31.2. The summed E-state index contributed by atoms with van der Waals surface area (Å²) in [5.41, 5.74) is -39.9. The molecule has 0 saturated heterocycles. The molecule has 1 nitrogen and oxygen atoms in total. The number of nitrogens with one attached hydrogen (secondary N) is 1. The average molecular weight is 1690 g/mol. The van der Waals surface area contributed by atoms with Gasteiger partial charge in [0.1, 0.15) is 5.56 Å². The van der Waals surface area contributed by atoms with Gasteiger partial charge in [-0.3, -0.25) is 4.90 Å². The van der Waals surface area contributed by atoms with E-state index in [4.69, 9.17) is 0 Å². The van der Waals surface area contributed by atoms with E-state index in [0.29, 0.717) is 42.3 Å². The molecule has 4 aliphatic carbocycles. The minimum atomic E-state index is -8.92. The Bertz CT molecular complexity index is 5010. The predicted octanol–water partition coefficient (Wildman–Crippen LogP) is 25.2. The van der Waals surface area contributed by atoms with Gasteiger partial charge in [-0.05, 0) is 77.6 Å². The Kier molecular flexibility index (Phi) is 23.2. The highest BCUT2D eigenvalue weighted by atomic mass is 27.2. The van der Waals surface area contributed by atoms with Gasteiger partial charge < -0.3 is 0 Å². The third-order valence-electron chi connectivity index (χ3n) is 23.0.